The van der Waals surface area contributed by atoms with Crippen molar-refractivity contribution in [2.45, 2.75) is 25.9 Å². The number of nitrogens with one attached hydrogen (secondary N) is 2. The van der Waals surface area contributed by atoms with Gasteiger partial charge in [0.25, 0.3) is 0 Å². The number of carbonyl (C=O) groups is 2. The van der Waals surface area contributed by atoms with E-state index < -0.39 is 6.04 Å². The lowest BCUT2D eigenvalue weighted by molar-refractivity contribution is -0.129. The van der Waals surface area contributed by atoms with Crippen molar-refractivity contribution in [3.63, 3.8) is 0 Å². The molecule has 0 aromatic heterocycles. The molecule has 0 aliphatic carbocycles. The van der Waals surface area contributed by atoms with Gasteiger partial charge in [-0.1, -0.05) is 49.4 Å². The fourth-order valence-corrected chi connectivity index (χ4v) is 2.14. The molecular weight excluding hydrogens is 290 g/mol. The Kier molecular flexibility index (Phi) is 5.74. The van der Waals surface area contributed by atoms with Crippen LogP contribution >= 0.6 is 0 Å². The Morgan fingerprint density at radius 1 is 1.04 bits per heavy atom. The minimum Gasteiger partial charge on any atom is -0.399 e. The molecule has 120 valence electrons. The monoisotopic (exact) mass is 311 g/mol. The van der Waals surface area contributed by atoms with E-state index in [1.807, 2.05) is 42.5 Å². The lowest BCUT2D eigenvalue weighted by Crippen LogP contribution is -2.39. The molecule has 1 unspecified atom stereocenters. The van der Waals surface area contributed by atoms with Gasteiger partial charge in [0, 0.05) is 18.7 Å². The van der Waals surface area contributed by atoms with E-state index in [-0.39, 0.29) is 11.8 Å². The minimum absolute atomic E-state index is 0.165. The molecule has 5 heteroatoms. The maximum Gasteiger partial charge on any atom is 0.247 e. The van der Waals surface area contributed by atoms with Crippen molar-refractivity contribution in [3.05, 3.63) is 65.7 Å². The third-order valence-corrected chi connectivity index (χ3v) is 3.47. The summed E-state index contributed by atoms with van der Waals surface area (Å²) in [6, 6.07) is 15.8. The molecule has 0 heterocycles. The smallest absolute Gasteiger partial charge is 0.247 e. The summed E-state index contributed by atoms with van der Waals surface area (Å²) >= 11 is 0. The van der Waals surface area contributed by atoms with Crippen LogP contribution in [0.5, 0.6) is 0 Å². The Morgan fingerprint density at radius 2 is 1.70 bits per heavy atom. The van der Waals surface area contributed by atoms with E-state index in [1.54, 1.807) is 19.1 Å². The van der Waals surface area contributed by atoms with Crippen molar-refractivity contribution < 1.29 is 9.59 Å². The summed E-state index contributed by atoms with van der Waals surface area (Å²) in [7, 11) is 0. The molecule has 0 saturated carbocycles. The van der Waals surface area contributed by atoms with Gasteiger partial charge in [0.1, 0.15) is 6.04 Å². The van der Waals surface area contributed by atoms with Crippen molar-refractivity contribution in [2.24, 2.45) is 0 Å². The Bertz CT molecular complexity index is 654. The molecule has 0 fully saturated rings. The van der Waals surface area contributed by atoms with Crippen LogP contribution in [0.25, 0.3) is 0 Å². The summed E-state index contributed by atoms with van der Waals surface area (Å²) in [5, 5.41) is 5.61. The molecule has 0 bridgehead atoms. The van der Waals surface area contributed by atoms with Gasteiger partial charge in [-0.2, -0.15) is 0 Å². The Morgan fingerprint density at radius 3 is 2.30 bits per heavy atom. The van der Waals surface area contributed by atoms with Crippen LogP contribution in [0.4, 0.5) is 5.69 Å². The van der Waals surface area contributed by atoms with E-state index in [0.717, 1.165) is 11.1 Å². The Labute approximate surface area is 135 Å². The maximum absolute atomic E-state index is 12.5. The standard InChI is InChI=1S/C18H21N3O2/c1-2-16(22)21-17(14-6-4-3-5-7-14)18(23)20-12-13-8-10-15(19)11-9-13/h3-11,17H,2,12,19H2,1H3,(H,20,23)(H,21,22). The molecule has 2 rings (SSSR count). The van der Waals surface area contributed by atoms with Gasteiger partial charge in [0.05, 0.1) is 0 Å². The second kappa shape index (κ2) is 7.98. The zero-order valence-electron chi connectivity index (χ0n) is 13.1. The lowest BCUT2D eigenvalue weighted by Gasteiger charge is -2.18. The van der Waals surface area contributed by atoms with Crippen molar-refractivity contribution in [3.8, 4) is 0 Å². The quantitative estimate of drug-likeness (QED) is 0.715. The fraction of sp³-hybridized carbons (Fsp3) is 0.222. The zero-order chi connectivity index (χ0) is 16.7. The topological polar surface area (TPSA) is 84.2 Å². The first kappa shape index (κ1) is 16.5. The molecule has 4 N–H and O–H groups in total. The minimum atomic E-state index is -0.697. The molecule has 0 radical (unpaired) electrons. The molecule has 1 atom stereocenters. The number of amides is 2. The number of anilines is 1. The van der Waals surface area contributed by atoms with Crippen molar-refractivity contribution >= 4 is 17.5 Å². The average molecular weight is 311 g/mol. The number of hydrogen-bond donors (Lipinski definition) is 3. The number of nitrogen functional groups attached to an aromatic ring is 1. The van der Waals surface area contributed by atoms with Crippen LogP contribution in [-0.4, -0.2) is 11.8 Å². The highest BCUT2D eigenvalue weighted by atomic mass is 16.2. The van der Waals surface area contributed by atoms with Crippen molar-refractivity contribution in [1.82, 2.24) is 10.6 Å². The predicted octanol–water partition coefficient (Wildman–Crippen LogP) is 2.15. The molecule has 23 heavy (non-hydrogen) atoms. The molecule has 0 spiro atoms. The molecule has 0 aliphatic heterocycles. The van der Waals surface area contributed by atoms with E-state index in [2.05, 4.69) is 10.6 Å². The predicted molar refractivity (Wildman–Crippen MR) is 90.3 cm³/mol. The van der Waals surface area contributed by atoms with Gasteiger partial charge in [0.2, 0.25) is 11.8 Å². The average Bonchev–Trinajstić information content (AvgIpc) is 2.59. The molecule has 2 aromatic rings. The summed E-state index contributed by atoms with van der Waals surface area (Å²) in [6.45, 7) is 2.13. The summed E-state index contributed by atoms with van der Waals surface area (Å²) in [6.07, 6.45) is 0.328. The molecule has 5 nitrogen and oxygen atoms in total. The highest BCUT2D eigenvalue weighted by molar-refractivity contribution is 5.88. The second-order valence-electron chi connectivity index (χ2n) is 5.22. The van der Waals surface area contributed by atoms with E-state index in [1.165, 1.54) is 0 Å². The third-order valence-electron chi connectivity index (χ3n) is 3.47. The molecule has 0 aliphatic rings. The van der Waals surface area contributed by atoms with Gasteiger partial charge in [-0.15, -0.1) is 0 Å². The van der Waals surface area contributed by atoms with Crippen LogP contribution in [0.15, 0.2) is 54.6 Å². The number of benzene rings is 2. The number of hydrogen-bond acceptors (Lipinski definition) is 3. The van der Waals surface area contributed by atoms with Crippen molar-refractivity contribution in [2.75, 3.05) is 5.73 Å². The summed E-state index contributed by atoms with van der Waals surface area (Å²) in [5.74, 6) is -0.406. The van der Waals surface area contributed by atoms with Crippen molar-refractivity contribution in [1.29, 1.82) is 0 Å². The van der Waals surface area contributed by atoms with E-state index in [4.69, 9.17) is 5.73 Å². The van der Waals surface area contributed by atoms with Crippen LogP contribution in [0.3, 0.4) is 0 Å². The van der Waals surface area contributed by atoms with Crippen LogP contribution in [0.1, 0.15) is 30.5 Å². The van der Waals surface area contributed by atoms with Crippen LogP contribution in [0, 0.1) is 0 Å². The number of carbonyl (C=O) groups excluding carboxylic acids is 2. The highest BCUT2D eigenvalue weighted by Gasteiger charge is 2.21. The number of rotatable bonds is 6. The van der Waals surface area contributed by atoms with Gasteiger partial charge in [0.15, 0.2) is 0 Å². The fourth-order valence-electron chi connectivity index (χ4n) is 2.14. The molecule has 2 aromatic carbocycles. The van der Waals surface area contributed by atoms with Gasteiger partial charge in [-0.25, -0.2) is 0 Å². The van der Waals surface area contributed by atoms with E-state index in [0.29, 0.717) is 18.7 Å². The first-order valence-electron chi connectivity index (χ1n) is 7.56. The van der Waals surface area contributed by atoms with Crippen LogP contribution < -0.4 is 16.4 Å². The lowest BCUT2D eigenvalue weighted by atomic mass is 10.1. The Balaban J connectivity index is 2.07. The normalized spacial score (nSPS) is 11.5. The largest absolute Gasteiger partial charge is 0.399 e. The van der Waals surface area contributed by atoms with Gasteiger partial charge >= 0.3 is 0 Å². The molecule has 0 saturated heterocycles. The summed E-state index contributed by atoms with van der Waals surface area (Å²) < 4.78 is 0. The van der Waals surface area contributed by atoms with Gasteiger partial charge in [-0.05, 0) is 23.3 Å². The number of nitrogens with two attached hydrogens (primary N) is 1. The zero-order valence-corrected chi connectivity index (χ0v) is 13.1. The second-order valence-corrected chi connectivity index (χ2v) is 5.22. The maximum atomic E-state index is 12.5. The first-order chi connectivity index (χ1) is 11.1. The van der Waals surface area contributed by atoms with Crippen LogP contribution in [-0.2, 0) is 16.1 Å². The molecular formula is C18H21N3O2. The summed E-state index contributed by atoms with van der Waals surface area (Å²) in [5.41, 5.74) is 8.02. The van der Waals surface area contributed by atoms with Crippen LogP contribution in [0.2, 0.25) is 0 Å². The Hall–Kier alpha value is -2.82. The third kappa shape index (κ3) is 4.85. The first-order valence-corrected chi connectivity index (χ1v) is 7.56. The van der Waals surface area contributed by atoms with Gasteiger partial charge < -0.3 is 16.4 Å². The molecule has 2 amide bonds. The highest BCUT2D eigenvalue weighted by Crippen LogP contribution is 2.13. The van der Waals surface area contributed by atoms with Gasteiger partial charge in [-0.3, -0.25) is 9.59 Å². The summed E-state index contributed by atoms with van der Waals surface area (Å²) in [4.78, 5) is 24.2. The SMILES string of the molecule is CCC(=O)NC(C(=O)NCc1ccc(N)cc1)c1ccccc1. The van der Waals surface area contributed by atoms with E-state index in [9.17, 15) is 9.59 Å². The van der Waals surface area contributed by atoms with E-state index >= 15 is 0 Å².